The summed E-state index contributed by atoms with van der Waals surface area (Å²) in [4.78, 5) is 7.31. The van der Waals surface area contributed by atoms with Gasteiger partial charge < -0.3 is 10.0 Å². The molecule has 1 fully saturated rings. The monoisotopic (exact) mass is 278 g/mol. The van der Waals surface area contributed by atoms with Crippen LogP contribution in [0.15, 0.2) is 0 Å². The summed E-state index contributed by atoms with van der Waals surface area (Å²) in [6.45, 7) is 8.00. The lowest BCUT2D eigenvalue weighted by Gasteiger charge is -2.34. The van der Waals surface area contributed by atoms with Crippen LogP contribution in [0.4, 0.5) is 0 Å². The molecule has 0 radical (unpaired) electrons. The Bertz CT molecular complexity index is 457. The molecular weight excluding hydrogens is 252 g/mol. The van der Waals surface area contributed by atoms with Crippen molar-refractivity contribution in [2.75, 3.05) is 19.7 Å². The van der Waals surface area contributed by atoms with E-state index in [9.17, 15) is 5.11 Å². The minimum absolute atomic E-state index is 0.271. The van der Waals surface area contributed by atoms with Gasteiger partial charge in [0.05, 0.1) is 0 Å². The third-order valence-corrected chi connectivity index (χ3v) is 4.79. The van der Waals surface area contributed by atoms with Gasteiger partial charge in [0.1, 0.15) is 5.82 Å². The smallest absolute Gasteiger partial charge is 0.155 e. The lowest BCUT2D eigenvalue weighted by atomic mass is 9.96. The molecule has 112 valence electrons. The predicted molar refractivity (Wildman–Crippen MR) is 77.6 cm³/mol. The first-order valence-corrected chi connectivity index (χ1v) is 7.96. The van der Waals surface area contributed by atoms with E-state index in [0.29, 0.717) is 17.9 Å². The summed E-state index contributed by atoms with van der Waals surface area (Å²) in [6.07, 6.45) is 4.35. The van der Waals surface area contributed by atoms with Crippen molar-refractivity contribution < 1.29 is 5.11 Å². The third kappa shape index (κ3) is 2.74. The maximum absolute atomic E-state index is 9.30. The molecule has 0 bridgehead atoms. The largest absolute Gasteiger partial charge is 0.396 e. The summed E-state index contributed by atoms with van der Waals surface area (Å²) >= 11 is 0. The van der Waals surface area contributed by atoms with Gasteiger partial charge in [-0.3, -0.25) is 0 Å². The summed E-state index contributed by atoms with van der Waals surface area (Å²) in [6, 6.07) is 0.605. The Labute approximate surface area is 121 Å². The topological polar surface area (TPSA) is 54.2 Å². The number of likely N-dealkylation sites (tertiary alicyclic amines) is 1. The van der Waals surface area contributed by atoms with Gasteiger partial charge in [-0.05, 0) is 45.6 Å². The highest BCUT2D eigenvalue weighted by atomic mass is 16.3. The Morgan fingerprint density at radius 3 is 2.90 bits per heavy atom. The molecule has 3 rings (SSSR count). The van der Waals surface area contributed by atoms with Gasteiger partial charge in [-0.2, -0.15) is 5.10 Å². The Hall–Kier alpha value is -0.940. The number of aliphatic hydroxyl groups is 1. The molecule has 0 aromatic carbocycles. The molecule has 0 aliphatic carbocycles. The first kappa shape index (κ1) is 14.0. The van der Waals surface area contributed by atoms with Crippen molar-refractivity contribution in [3.8, 4) is 0 Å². The van der Waals surface area contributed by atoms with E-state index >= 15 is 0 Å². The summed E-state index contributed by atoms with van der Waals surface area (Å²) < 4.78 is 2.07. The molecule has 1 aromatic rings. The van der Waals surface area contributed by atoms with E-state index < -0.39 is 0 Å². The number of rotatable bonds is 3. The Morgan fingerprint density at radius 2 is 2.15 bits per heavy atom. The van der Waals surface area contributed by atoms with Crippen LogP contribution in [0.25, 0.3) is 0 Å². The lowest BCUT2D eigenvalue weighted by molar-refractivity contribution is 0.164. The fourth-order valence-electron chi connectivity index (χ4n) is 3.40. The van der Waals surface area contributed by atoms with Crippen LogP contribution < -0.4 is 0 Å². The van der Waals surface area contributed by atoms with Crippen LogP contribution in [-0.4, -0.2) is 50.5 Å². The maximum atomic E-state index is 9.30. The molecule has 1 N–H and O–H groups in total. The predicted octanol–water partition coefficient (Wildman–Crippen LogP) is 1.42. The SMILES string of the molecule is CC(C)N1CCCC(c2nc3n(n2)CCC(CO)C3)C1. The van der Waals surface area contributed by atoms with Gasteiger partial charge in [-0.15, -0.1) is 0 Å². The van der Waals surface area contributed by atoms with E-state index in [1.54, 1.807) is 0 Å². The maximum Gasteiger partial charge on any atom is 0.155 e. The average Bonchev–Trinajstić information content (AvgIpc) is 2.90. The summed E-state index contributed by atoms with van der Waals surface area (Å²) in [5, 5.41) is 14.0. The van der Waals surface area contributed by atoms with Gasteiger partial charge in [0.2, 0.25) is 0 Å². The number of aryl methyl sites for hydroxylation is 1. The number of nitrogens with zero attached hydrogens (tertiary/aromatic N) is 4. The normalized spacial score (nSPS) is 27.8. The summed E-state index contributed by atoms with van der Waals surface area (Å²) in [7, 11) is 0. The molecule has 5 nitrogen and oxygen atoms in total. The number of aliphatic hydroxyl groups excluding tert-OH is 1. The van der Waals surface area contributed by atoms with Crippen LogP contribution >= 0.6 is 0 Å². The first-order valence-electron chi connectivity index (χ1n) is 7.96. The van der Waals surface area contributed by atoms with Crippen molar-refractivity contribution in [1.29, 1.82) is 0 Å². The van der Waals surface area contributed by atoms with Crippen molar-refractivity contribution >= 4 is 0 Å². The van der Waals surface area contributed by atoms with Crippen LogP contribution in [-0.2, 0) is 13.0 Å². The van der Waals surface area contributed by atoms with Crippen LogP contribution in [0.1, 0.15) is 50.7 Å². The van der Waals surface area contributed by atoms with Crippen molar-refractivity contribution in [2.45, 2.75) is 58.0 Å². The summed E-state index contributed by atoms with van der Waals surface area (Å²) in [5.41, 5.74) is 0. The number of fused-ring (bicyclic) bond motifs is 1. The first-order chi connectivity index (χ1) is 9.67. The van der Waals surface area contributed by atoms with Gasteiger partial charge in [0.25, 0.3) is 0 Å². The second-order valence-corrected chi connectivity index (χ2v) is 6.58. The molecule has 0 saturated carbocycles. The van der Waals surface area contributed by atoms with E-state index in [1.165, 1.54) is 19.4 Å². The second-order valence-electron chi connectivity index (χ2n) is 6.58. The second kappa shape index (κ2) is 5.82. The van der Waals surface area contributed by atoms with Crippen LogP contribution in [0.2, 0.25) is 0 Å². The zero-order valence-electron chi connectivity index (χ0n) is 12.6. The molecule has 3 heterocycles. The fourth-order valence-corrected chi connectivity index (χ4v) is 3.40. The Morgan fingerprint density at radius 1 is 1.30 bits per heavy atom. The standard InChI is InChI=1S/C15H26N4O/c1-11(2)18-6-3-4-13(9-18)15-16-14-8-12(10-20)5-7-19(14)17-15/h11-13,20H,3-10H2,1-2H3. The van der Waals surface area contributed by atoms with Crippen molar-refractivity contribution in [2.24, 2.45) is 5.92 Å². The van der Waals surface area contributed by atoms with Crippen LogP contribution in [0.3, 0.4) is 0 Å². The highest BCUT2D eigenvalue weighted by molar-refractivity contribution is 5.04. The molecule has 0 spiro atoms. The molecule has 1 aromatic heterocycles. The summed E-state index contributed by atoms with van der Waals surface area (Å²) in [5.74, 6) is 2.96. The van der Waals surface area contributed by atoms with Crippen LogP contribution in [0.5, 0.6) is 0 Å². The molecule has 2 atom stereocenters. The number of hydrogen-bond donors (Lipinski definition) is 1. The molecule has 2 aliphatic heterocycles. The van der Waals surface area contributed by atoms with Gasteiger partial charge in [0, 0.05) is 38.1 Å². The zero-order chi connectivity index (χ0) is 14.1. The minimum Gasteiger partial charge on any atom is -0.396 e. The van der Waals surface area contributed by atoms with Gasteiger partial charge in [-0.1, -0.05) is 0 Å². The molecule has 5 heteroatoms. The van der Waals surface area contributed by atoms with Crippen LogP contribution in [0, 0.1) is 5.92 Å². The lowest BCUT2D eigenvalue weighted by Crippen LogP contribution is -2.39. The molecular formula is C15H26N4O. The van der Waals surface area contributed by atoms with Gasteiger partial charge in [0.15, 0.2) is 5.82 Å². The van der Waals surface area contributed by atoms with E-state index in [1.807, 2.05) is 0 Å². The Balaban J connectivity index is 1.73. The number of aromatic nitrogens is 3. The highest BCUT2D eigenvalue weighted by Crippen LogP contribution is 2.27. The highest BCUT2D eigenvalue weighted by Gasteiger charge is 2.28. The molecule has 1 saturated heterocycles. The number of piperidine rings is 1. The third-order valence-electron chi connectivity index (χ3n) is 4.79. The molecule has 0 amide bonds. The molecule has 2 aliphatic rings. The van der Waals surface area contributed by atoms with E-state index in [-0.39, 0.29) is 6.61 Å². The fraction of sp³-hybridized carbons (Fsp3) is 0.867. The van der Waals surface area contributed by atoms with Crippen molar-refractivity contribution in [3.05, 3.63) is 11.6 Å². The minimum atomic E-state index is 0.271. The van der Waals surface area contributed by atoms with E-state index in [4.69, 9.17) is 10.1 Å². The molecule has 2 unspecified atom stereocenters. The van der Waals surface area contributed by atoms with E-state index in [0.717, 1.165) is 37.6 Å². The average molecular weight is 278 g/mol. The van der Waals surface area contributed by atoms with Crippen molar-refractivity contribution in [1.82, 2.24) is 19.7 Å². The molecule has 20 heavy (non-hydrogen) atoms. The van der Waals surface area contributed by atoms with Gasteiger partial charge >= 0.3 is 0 Å². The van der Waals surface area contributed by atoms with E-state index in [2.05, 4.69) is 23.4 Å². The number of hydrogen-bond acceptors (Lipinski definition) is 4. The quantitative estimate of drug-likeness (QED) is 0.908. The van der Waals surface area contributed by atoms with Gasteiger partial charge in [-0.25, -0.2) is 9.67 Å². The van der Waals surface area contributed by atoms with Crippen molar-refractivity contribution in [3.63, 3.8) is 0 Å². The zero-order valence-corrected chi connectivity index (χ0v) is 12.6. The Kier molecular flexibility index (Phi) is 4.08.